The Balaban J connectivity index is 1.81. The van der Waals surface area contributed by atoms with Gasteiger partial charge in [-0.15, -0.1) is 11.8 Å². The van der Waals surface area contributed by atoms with E-state index in [1.54, 1.807) is 0 Å². The summed E-state index contributed by atoms with van der Waals surface area (Å²) in [6.07, 6.45) is 3.36. The number of hydrogen-bond donors (Lipinski definition) is 2. The van der Waals surface area contributed by atoms with Crippen LogP contribution in [-0.2, 0) is 12.8 Å². The predicted octanol–water partition coefficient (Wildman–Crippen LogP) is 2.98. The minimum Gasteiger partial charge on any atom is -0.338 e. The van der Waals surface area contributed by atoms with E-state index in [0.29, 0.717) is 6.54 Å². The predicted molar refractivity (Wildman–Crippen MR) is 80.9 cm³/mol. The van der Waals surface area contributed by atoms with E-state index in [2.05, 4.69) is 28.8 Å². The molecule has 1 aromatic rings. The van der Waals surface area contributed by atoms with Gasteiger partial charge in [0.15, 0.2) is 0 Å². The smallest absolute Gasteiger partial charge is 0.314 e. The number of hydrogen-bond acceptors (Lipinski definition) is 2. The zero-order valence-corrected chi connectivity index (χ0v) is 12.5. The van der Waals surface area contributed by atoms with Crippen molar-refractivity contribution in [1.29, 1.82) is 0 Å². The fourth-order valence-electron chi connectivity index (χ4n) is 2.20. The second-order valence-electron chi connectivity index (χ2n) is 5.20. The number of carbonyl (C=O) groups excluding carboxylic acids is 1. The van der Waals surface area contributed by atoms with Gasteiger partial charge in [0.1, 0.15) is 0 Å². The van der Waals surface area contributed by atoms with E-state index < -0.39 is 0 Å². The Morgan fingerprint density at radius 1 is 1.42 bits per heavy atom. The molecule has 1 aromatic carbocycles. The maximum atomic E-state index is 11.5. The average Bonchev–Trinajstić information content (AvgIpc) is 2.37. The van der Waals surface area contributed by atoms with E-state index in [-0.39, 0.29) is 12.1 Å². The van der Waals surface area contributed by atoms with Crippen molar-refractivity contribution in [3.05, 3.63) is 29.3 Å². The fourth-order valence-corrected chi connectivity index (χ4v) is 3.22. The van der Waals surface area contributed by atoms with Crippen molar-refractivity contribution in [3.8, 4) is 0 Å². The molecule has 0 saturated heterocycles. The molecule has 1 aliphatic heterocycles. The Morgan fingerprint density at radius 2 is 2.26 bits per heavy atom. The largest absolute Gasteiger partial charge is 0.338 e. The summed E-state index contributed by atoms with van der Waals surface area (Å²) in [5.41, 5.74) is 2.78. The van der Waals surface area contributed by atoms with Crippen LogP contribution in [0, 0.1) is 0 Å². The van der Waals surface area contributed by atoms with Crippen LogP contribution in [0.1, 0.15) is 31.4 Å². The van der Waals surface area contributed by atoms with Gasteiger partial charge in [0.2, 0.25) is 0 Å². The molecular formula is C15H22N2OS. The summed E-state index contributed by atoms with van der Waals surface area (Å²) in [7, 11) is 0. The van der Waals surface area contributed by atoms with Crippen molar-refractivity contribution in [2.24, 2.45) is 0 Å². The molecule has 104 valence electrons. The molecule has 0 radical (unpaired) electrons. The molecule has 0 spiro atoms. The molecule has 2 rings (SSSR count). The number of amides is 2. The Labute approximate surface area is 119 Å². The van der Waals surface area contributed by atoms with E-state index in [9.17, 15) is 4.79 Å². The highest BCUT2D eigenvalue weighted by atomic mass is 32.2. The van der Waals surface area contributed by atoms with Crippen LogP contribution in [0.4, 0.5) is 4.79 Å². The lowest BCUT2D eigenvalue weighted by Crippen LogP contribution is -2.40. The van der Waals surface area contributed by atoms with Gasteiger partial charge in [0.25, 0.3) is 0 Å². The van der Waals surface area contributed by atoms with Crippen LogP contribution in [0.2, 0.25) is 0 Å². The zero-order chi connectivity index (χ0) is 13.7. The van der Waals surface area contributed by atoms with Crippen LogP contribution in [0.5, 0.6) is 0 Å². The molecule has 19 heavy (non-hydrogen) atoms. The van der Waals surface area contributed by atoms with Gasteiger partial charge in [0, 0.05) is 17.5 Å². The minimum atomic E-state index is -0.0801. The zero-order valence-electron chi connectivity index (χ0n) is 11.7. The van der Waals surface area contributed by atoms with E-state index in [0.717, 1.165) is 6.42 Å². The Kier molecular flexibility index (Phi) is 5.14. The van der Waals surface area contributed by atoms with Crippen molar-refractivity contribution >= 4 is 17.8 Å². The lowest BCUT2D eigenvalue weighted by Gasteiger charge is -2.16. The Hall–Kier alpha value is -1.16. The normalized spacial score (nSPS) is 14.1. The Morgan fingerprint density at radius 3 is 3.05 bits per heavy atom. The van der Waals surface area contributed by atoms with Gasteiger partial charge in [-0.25, -0.2) is 4.79 Å². The monoisotopic (exact) mass is 278 g/mol. The van der Waals surface area contributed by atoms with Gasteiger partial charge in [-0.2, -0.15) is 0 Å². The Bertz CT molecular complexity index is 446. The van der Waals surface area contributed by atoms with Crippen molar-refractivity contribution in [1.82, 2.24) is 10.6 Å². The average molecular weight is 278 g/mol. The topological polar surface area (TPSA) is 41.1 Å². The first kappa shape index (κ1) is 14.3. The number of carbonyl (C=O) groups is 1. The lowest BCUT2D eigenvalue weighted by atomic mass is 10.0. The molecule has 0 unspecified atom stereocenters. The van der Waals surface area contributed by atoms with Crippen LogP contribution in [-0.4, -0.2) is 24.4 Å². The number of fused-ring (bicyclic) bond motifs is 1. The van der Waals surface area contributed by atoms with Crippen LogP contribution >= 0.6 is 11.8 Å². The van der Waals surface area contributed by atoms with Gasteiger partial charge < -0.3 is 10.6 Å². The number of rotatable bonds is 4. The number of urea groups is 1. The fraction of sp³-hybridized carbons (Fsp3) is 0.533. The summed E-state index contributed by atoms with van der Waals surface area (Å²) >= 11 is 1.95. The van der Waals surface area contributed by atoms with Gasteiger partial charge >= 0.3 is 6.03 Å². The van der Waals surface area contributed by atoms with Crippen molar-refractivity contribution in [2.75, 3.05) is 12.3 Å². The highest BCUT2D eigenvalue weighted by Gasteiger charge is 2.10. The molecule has 2 amide bonds. The van der Waals surface area contributed by atoms with Gasteiger partial charge in [-0.1, -0.05) is 12.1 Å². The van der Waals surface area contributed by atoms with Crippen molar-refractivity contribution < 1.29 is 4.79 Å². The number of thioether (sulfide) groups is 1. The van der Waals surface area contributed by atoms with E-state index in [1.165, 1.54) is 34.6 Å². The first-order valence-electron chi connectivity index (χ1n) is 6.94. The molecule has 3 nitrogen and oxygen atoms in total. The summed E-state index contributed by atoms with van der Waals surface area (Å²) in [5.74, 6) is 1.24. The number of nitrogens with one attached hydrogen (secondary N) is 2. The summed E-state index contributed by atoms with van der Waals surface area (Å²) in [5, 5.41) is 5.71. The molecule has 0 aromatic heterocycles. The summed E-state index contributed by atoms with van der Waals surface area (Å²) in [4.78, 5) is 12.9. The molecule has 0 atom stereocenters. The quantitative estimate of drug-likeness (QED) is 0.889. The first-order chi connectivity index (χ1) is 9.15. The maximum absolute atomic E-state index is 11.5. The molecule has 1 aliphatic rings. The van der Waals surface area contributed by atoms with E-state index >= 15 is 0 Å². The summed E-state index contributed by atoms with van der Waals surface area (Å²) < 4.78 is 0. The first-order valence-corrected chi connectivity index (χ1v) is 7.92. The second kappa shape index (κ2) is 6.85. The standard InChI is InChI=1S/C15H22N2OS/c1-11(2)17-15(18)16-8-7-12-5-6-14-13(10-12)4-3-9-19-14/h5-6,10-11H,3-4,7-9H2,1-2H3,(H2,16,17,18). The van der Waals surface area contributed by atoms with Crippen molar-refractivity contribution in [3.63, 3.8) is 0 Å². The number of benzene rings is 1. The second-order valence-corrected chi connectivity index (χ2v) is 6.34. The van der Waals surface area contributed by atoms with Crippen molar-refractivity contribution in [2.45, 2.75) is 44.0 Å². The van der Waals surface area contributed by atoms with Crippen LogP contribution in [0.15, 0.2) is 23.1 Å². The number of aryl methyl sites for hydroxylation is 1. The third kappa shape index (κ3) is 4.46. The summed E-state index contributed by atoms with van der Waals surface area (Å²) in [6, 6.07) is 6.80. The summed E-state index contributed by atoms with van der Waals surface area (Å²) in [6.45, 7) is 4.60. The molecule has 1 heterocycles. The van der Waals surface area contributed by atoms with Gasteiger partial charge in [0.05, 0.1) is 0 Å². The molecule has 0 bridgehead atoms. The maximum Gasteiger partial charge on any atom is 0.314 e. The van der Waals surface area contributed by atoms with Crippen LogP contribution in [0.25, 0.3) is 0 Å². The molecule has 2 N–H and O–H groups in total. The SMILES string of the molecule is CC(C)NC(=O)NCCc1ccc2c(c1)CCCS2. The van der Waals surface area contributed by atoms with E-state index in [1.807, 2.05) is 25.6 Å². The highest BCUT2D eigenvalue weighted by Crippen LogP contribution is 2.30. The third-order valence-corrected chi connectivity index (χ3v) is 4.29. The third-order valence-electron chi connectivity index (χ3n) is 3.09. The lowest BCUT2D eigenvalue weighted by molar-refractivity contribution is 0.238. The van der Waals surface area contributed by atoms with Crippen LogP contribution < -0.4 is 10.6 Å². The van der Waals surface area contributed by atoms with E-state index in [4.69, 9.17) is 0 Å². The molecule has 4 heteroatoms. The minimum absolute atomic E-state index is 0.0801. The molecular weight excluding hydrogens is 256 g/mol. The molecule has 0 saturated carbocycles. The van der Waals surface area contributed by atoms with Gasteiger partial charge in [-0.05, 0) is 56.1 Å². The van der Waals surface area contributed by atoms with Crippen LogP contribution in [0.3, 0.4) is 0 Å². The molecule has 0 aliphatic carbocycles. The van der Waals surface area contributed by atoms with Gasteiger partial charge in [-0.3, -0.25) is 0 Å². The molecule has 0 fully saturated rings. The highest BCUT2D eigenvalue weighted by molar-refractivity contribution is 7.99.